The van der Waals surface area contributed by atoms with Crippen molar-refractivity contribution in [2.75, 3.05) is 11.9 Å². The predicted molar refractivity (Wildman–Crippen MR) is 51.6 cm³/mol. The van der Waals surface area contributed by atoms with Crippen LogP contribution in [0.1, 0.15) is 6.92 Å². The molecule has 0 heterocycles. The predicted octanol–water partition coefficient (Wildman–Crippen LogP) is 2.27. The van der Waals surface area contributed by atoms with E-state index in [1.807, 2.05) is 0 Å². The summed E-state index contributed by atoms with van der Waals surface area (Å²) in [4.78, 5) is 0. The van der Waals surface area contributed by atoms with Crippen molar-refractivity contribution >= 4 is 17.3 Å². The molecule has 13 heavy (non-hydrogen) atoms. The van der Waals surface area contributed by atoms with Crippen molar-refractivity contribution in [3.8, 4) is 0 Å². The smallest absolute Gasteiger partial charge is 0.124 e. The first-order valence-electron chi connectivity index (χ1n) is 3.96. The molecule has 0 radical (unpaired) electrons. The Kier molecular flexibility index (Phi) is 3.51. The second-order valence-corrected chi connectivity index (χ2v) is 3.26. The lowest BCUT2D eigenvalue weighted by Gasteiger charge is -2.09. The molecule has 2 nitrogen and oxygen atoms in total. The van der Waals surface area contributed by atoms with Crippen molar-refractivity contribution in [2.45, 2.75) is 13.0 Å². The van der Waals surface area contributed by atoms with Crippen LogP contribution in [-0.4, -0.2) is 17.8 Å². The number of rotatable bonds is 3. The van der Waals surface area contributed by atoms with Crippen molar-refractivity contribution in [2.24, 2.45) is 0 Å². The molecule has 1 atom stereocenters. The molecule has 0 amide bonds. The van der Waals surface area contributed by atoms with Crippen LogP contribution in [0, 0.1) is 5.82 Å². The van der Waals surface area contributed by atoms with Gasteiger partial charge < -0.3 is 10.4 Å². The lowest BCUT2D eigenvalue weighted by atomic mass is 10.3. The van der Waals surface area contributed by atoms with Crippen molar-refractivity contribution in [3.05, 3.63) is 29.0 Å². The van der Waals surface area contributed by atoms with E-state index in [1.165, 1.54) is 12.1 Å². The third kappa shape index (κ3) is 3.20. The fourth-order valence-electron chi connectivity index (χ4n) is 0.891. The maximum atomic E-state index is 12.6. The molecule has 1 aromatic carbocycles. The van der Waals surface area contributed by atoms with E-state index in [0.29, 0.717) is 17.3 Å². The first-order valence-corrected chi connectivity index (χ1v) is 4.34. The Morgan fingerprint density at radius 2 is 2.31 bits per heavy atom. The zero-order valence-electron chi connectivity index (χ0n) is 7.22. The molecule has 4 heteroatoms. The molecule has 0 unspecified atom stereocenters. The van der Waals surface area contributed by atoms with Gasteiger partial charge in [-0.15, -0.1) is 0 Å². The molecular formula is C9H11ClFNO. The fraction of sp³-hybridized carbons (Fsp3) is 0.333. The molecule has 0 aliphatic carbocycles. The van der Waals surface area contributed by atoms with E-state index in [0.717, 1.165) is 0 Å². The van der Waals surface area contributed by atoms with Gasteiger partial charge in [-0.25, -0.2) is 4.39 Å². The van der Waals surface area contributed by atoms with Crippen LogP contribution in [0.3, 0.4) is 0 Å². The monoisotopic (exact) mass is 203 g/mol. The van der Waals surface area contributed by atoms with E-state index in [4.69, 9.17) is 16.7 Å². The van der Waals surface area contributed by atoms with Crippen LogP contribution in [-0.2, 0) is 0 Å². The van der Waals surface area contributed by atoms with Gasteiger partial charge in [-0.05, 0) is 25.1 Å². The highest BCUT2D eigenvalue weighted by Gasteiger charge is 2.02. The second kappa shape index (κ2) is 4.44. The van der Waals surface area contributed by atoms with Crippen LogP contribution in [0.2, 0.25) is 5.02 Å². The van der Waals surface area contributed by atoms with Gasteiger partial charge in [-0.2, -0.15) is 0 Å². The van der Waals surface area contributed by atoms with Crippen molar-refractivity contribution < 1.29 is 9.50 Å². The lowest BCUT2D eigenvalue weighted by Crippen LogP contribution is -2.15. The summed E-state index contributed by atoms with van der Waals surface area (Å²) in [5.74, 6) is -0.368. The normalized spacial score (nSPS) is 12.6. The number of hydrogen-bond donors (Lipinski definition) is 2. The van der Waals surface area contributed by atoms with Gasteiger partial charge in [-0.3, -0.25) is 0 Å². The summed E-state index contributed by atoms with van der Waals surface area (Å²) in [5.41, 5.74) is 0.629. The summed E-state index contributed by atoms with van der Waals surface area (Å²) < 4.78 is 12.6. The highest BCUT2D eigenvalue weighted by Crippen LogP contribution is 2.21. The molecule has 1 aromatic rings. The van der Waals surface area contributed by atoms with Crippen LogP contribution in [0.15, 0.2) is 18.2 Å². The lowest BCUT2D eigenvalue weighted by molar-refractivity contribution is 0.208. The summed E-state index contributed by atoms with van der Waals surface area (Å²) in [6.07, 6.45) is -0.457. The standard InChI is InChI=1S/C9H11ClFNO/c1-6(13)5-12-9-3-2-7(11)4-8(9)10/h2-4,6,12-13H,5H2,1H3/t6-/m1/s1. The molecular weight excluding hydrogens is 193 g/mol. The SMILES string of the molecule is C[C@@H](O)CNc1ccc(F)cc1Cl. The second-order valence-electron chi connectivity index (χ2n) is 2.85. The molecule has 0 spiro atoms. The van der Waals surface area contributed by atoms with E-state index in [2.05, 4.69) is 5.32 Å². The molecule has 0 saturated heterocycles. The van der Waals surface area contributed by atoms with E-state index in [-0.39, 0.29) is 5.82 Å². The van der Waals surface area contributed by atoms with E-state index >= 15 is 0 Å². The van der Waals surface area contributed by atoms with Gasteiger partial charge in [0.2, 0.25) is 0 Å². The van der Waals surface area contributed by atoms with Crippen LogP contribution < -0.4 is 5.32 Å². The van der Waals surface area contributed by atoms with Gasteiger partial charge in [0, 0.05) is 6.54 Å². The Hall–Kier alpha value is -0.800. The van der Waals surface area contributed by atoms with Crippen LogP contribution >= 0.6 is 11.6 Å². The van der Waals surface area contributed by atoms with Crippen LogP contribution in [0.4, 0.5) is 10.1 Å². The maximum absolute atomic E-state index is 12.6. The van der Waals surface area contributed by atoms with E-state index < -0.39 is 6.10 Å². The fourth-order valence-corrected chi connectivity index (χ4v) is 1.12. The van der Waals surface area contributed by atoms with E-state index in [1.54, 1.807) is 13.0 Å². The molecule has 0 saturated carbocycles. The molecule has 0 aliphatic rings. The Bertz CT molecular complexity index is 291. The Morgan fingerprint density at radius 3 is 2.85 bits per heavy atom. The zero-order valence-corrected chi connectivity index (χ0v) is 7.98. The number of aliphatic hydroxyl groups is 1. The molecule has 2 N–H and O–H groups in total. The quantitative estimate of drug-likeness (QED) is 0.790. The van der Waals surface area contributed by atoms with Crippen molar-refractivity contribution in [3.63, 3.8) is 0 Å². The van der Waals surface area contributed by atoms with E-state index in [9.17, 15) is 4.39 Å². The summed E-state index contributed by atoms with van der Waals surface area (Å²) in [5, 5.41) is 12.2. The Balaban J connectivity index is 2.67. The van der Waals surface area contributed by atoms with Gasteiger partial charge in [-0.1, -0.05) is 11.6 Å². The number of aliphatic hydroxyl groups excluding tert-OH is 1. The molecule has 0 fully saturated rings. The topological polar surface area (TPSA) is 32.3 Å². The minimum Gasteiger partial charge on any atom is -0.392 e. The van der Waals surface area contributed by atoms with Gasteiger partial charge in [0.1, 0.15) is 5.82 Å². The molecule has 72 valence electrons. The number of hydrogen-bond acceptors (Lipinski definition) is 2. The first kappa shape index (κ1) is 10.3. The maximum Gasteiger partial charge on any atom is 0.124 e. The average Bonchev–Trinajstić information content (AvgIpc) is 2.02. The minimum atomic E-state index is -0.457. The van der Waals surface area contributed by atoms with Gasteiger partial charge in [0.25, 0.3) is 0 Å². The zero-order chi connectivity index (χ0) is 9.84. The summed E-state index contributed by atoms with van der Waals surface area (Å²) in [7, 11) is 0. The highest BCUT2D eigenvalue weighted by molar-refractivity contribution is 6.33. The summed E-state index contributed by atoms with van der Waals surface area (Å²) in [6.45, 7) is 2.05. The molecule has 0 aliphatic heterocycles. The van der Waals surface area contributed by atoms with Crippen LogP contribution in [0.5, 0.6) is 0 Å². The molecule has 0 aromatic heterocycles. The third-order valence-electron chi connectivity index (χ3n) is 1.52. The highest BCUT2D eigenvalue weighted by atomic mass is 35.5. The van der Waals surface area contributed by atoms with Crippen molar-refractivity contribution in [1.82, 2.24) is 0 Å². The summed E-state index contributed by atoms with van der Waals surface area (Å²) in [6, 6.07) is 4.09. The summed E-state index contributed by atoms with van der Waals surface area (Å²) >= 11 is 5.73. The molecule has 0 bridgehead atoms. The minimum absolute atomic E-state index is 0.320. The van der Waals surface area contributed by atoms with Crippen molar-refractivity contribution in [1.29, 1.82) is 0 Å². The number of benzene rings is 1. The van der Waals surface area contributed by atoms with Gasteiger partial charge in [0.15, 0.2) is 0 Å². The first-order chi connectivity index (χ1) is 6.09. The number of anilines is 1. The van der Waals surface area contributed by atoms with Gasteiger partial charge in [0.05, 0.1) is 16.8 Å². The number of nitrogens with one attached hydrogen (secondary N) is 1. The number of halogens is 2. The third-order valence-corrected chi connectivity index (χ3v) is 1.83. The van der Waals surface area contributed by atoms with Crippen LogP contribution in [0.25, 0.3) is 0 Å². The Morgan fingerprint density at radius 1 is 1.62 bits per heavy atom. The average molecular weight is 204 g/mol. The molecule has 1 rings (SSSR count). The largest absolute Gasteiger partial charge is 0.392 e. The Labute approximate surface area is 81.3 Å². The van der Waals surface area contributed by atoms with Gasteiger partial charge >= 0.3 is 0 Å².